The summed E-state index contributed by atoms with van der Waals surface area (Å²) in [4.78, 5) is 2.70. The molecule has 86 valence electrons. The molecule has 2 saturated heterocycles. The Balaban J connectivity index is 1.55. The first-order chi connectivity index (χ1) is 7.43. The van der Waals surface area contributed by atoms with E-state index in [0.29, 0.717) is 0 Å². The van der Waals surface area contributed by atoms with E-state index in [0.717, 1.165) is 31.2 Å². The van der Waals surface area contributed by atoms with Gasteiger partial charge in [0.1, 0.15) is 0 Å². The Morgan fingerprint density at radius 1 is 1.07 bits per heavy atom. The molecule has 0 radical (unpaired) electrons. The molecule has 3 aliphatic rings. The van der Waals surface area contributed by atoms with Gasteiger partial charge in [-0.05, 0) is 31.6 Å². The van der Waals surface area contributed by atoms with Crippen LogP contribution in [0.1, 0.15) is 25.7 Å². The molecule has 0 aromatic rings. The predicted octanol–water partition coefficient (Wildman–Crippen LogP) is 0.849. The van der Waals surface area contributed by atoms with Gasteiger partial charge in [0.05, 0.1) is 0 Å². The summed E-state index contributed by atoms with van der Waals surface area (Å²) in [6, 6.07) is 1.68. The Hall–Kier alpha value is -0.120. The molecule has 0 aromatic carbocycles. The van der Waals surface area contributed by atoms with E-state index in [9.17, 15) is 0 Å². The largest absolute Gasteiger partial charge is 0.381 e. The lowest BCUT2D eigenvalue weighted by Crippen LogP contribution is -2.55. The number of hydrogen-bond donors (Lipinski definition) is 1. The molecule has 1 unspecified atom stereocenters. The molecule has 2 aliphatic heterocycles. The highest BCUT2D eigenvalue weighted by Crippen LogP contribution is 2.29. The van der Waals surface area contributed by atoms with Crippen molar-refractivity contribution < 1.29 is 4.74 Å². The molecular weight excluding hydrogens is 188 g/mol. The molecule has 3 fully saturated rings. The molecule has 1 atom stereocenters. The minimum absolute atomic E-state index is 0.739. The Kier molecular flexibility index (Phi) is 2.95. The summed E-state index contributed by atoms with van der Waals surface area (Å²) in [7, 11) is 0. The van der Waals surface area contributed by atoms with Gasteiger partial charge in [-0.1, -0.05) is 0 Å². The highest BCUT2D eigenvalue weighted by atomic mass is 16.5. The number of piperazine rings is 1. The monoisotopic (exact) mass is 210 g/mol. The Labute approximate surface area is 92.2 Å². The highest BCUT2D eigenvalue weighted by Gasteiger charge is 2.35. The number of nitrogens with one attached hydrogen (secondary N) is 1. The summed E-state index contributed by atoms with van der Waals surface area (Å²) >= 11 is 0. The third-order valence-corrected chi connectivity index (χ3v) is 4.14. The fourth-order valence-corrected chi connectivity index (χ4v) is 3.01. The van der Waals surface area contributed by atoms with Gasteiger partial charge in [0, 0.05) is 44.9 Å². The summed E-state index contributed by atoms with van der Waals surface area (Å²) in [5.41, 5.74) is 0. The summed E-state index contributed by atoms with van der Waals surface area (Å²) in [6.45, 7) is 5.71. The second kappa shape index (κ2) is 4.40. The van der Waals surface area contributed by atoms with Crippen LogP contribution in [0.4, 0.5) is 0 Å². The molecule has 0 aromatic heterocycles. The zero-order valence-electron chi connectivity index (χ0n) is 9.45. The van der Waals surface area contributed by atoms with Crippen LogP contribution in [0, 0.1) is 5.92 Å². The number of hydrogen-bond acceptors (Lipinski definition) is 3. The number of nitrogens with zero attached hydrogens (tertiary/aromatic N) is 1. The van der Waals surface area contributed by atoms with Gasteiger partial charge in [-0.25, -0.2) is 0 Å². The Morgan fingerprint density at radius 2 is 1.87 bits per heavy atom. The van der Waals surface area contributed by atoms with Crippen molar-refractivity contribution >= 4 is 0 Å². The van der Waals surface area contributed by atoms with Crippen LogP contribution in [0.15, 0.2) is 0 Å². The first-order valence-corrected chi connectivity index (χ1v) is 6.48. The smallest absolute Gasteiger partial charge is 0.0469 e. The third kappa shape index (κ3) is 2.35. The summed E-state index contributed by atoms with van der Waals surface area (Å²) < 4.78 is 5.44. The van der Waals surface area contributed by atoms with Crippen molar-refractivity contribution in [1.82, 2.24) is 10.2 Å². The number of ether oxygens (including phenoxy) is 1. The van der Waals surface area contributed by atoms with Gasteiger partial charge in [0.2, 0.25) is 0 Å². The second-order valence-electron chi connectivity index (χ2n) is 5.24. The van der Waals surface area contributed by atoms with E-state index < -0.39 is 0 Å². The highest BCUT2D eigenvalue weighted by molar-refractivity contribution is 4.92. The Morgan fingerprint density at radius 3 is 2.60 bits per heavy atom. The molecule has 0 amide bonds. The molecule has 1 saturated carbocycles. The lowest BCUT2D eigenvalue weighted by molar-refractivity contribution is 0.0398. The molecule has 15 heavy (non-hydrogen) atoms. The van der Waals surface area contributed by atoms with Crippen LogP contribution < -0.4 is 5.32 Å². The maximum Gasteiger partial charge on any atom is 0.0469 e. The third-order valence-electron chi connectivity index (χ3n) is 4.14. The van der Waals surface area contributed by atoms with Crippen molar-refractivity contribution in [2.45, 2.75) is 37.8 Å². The molecular formula is C12H22N2O. The van der Waals surface area contributed by atoms with Gasteiger partial charge < -0.3 is 10.1 Å². The van der Waals surface area contributed by atoms with Crippen molar-refractivity contribution in [2.24, 2.45) is 5.92 Å². The lowest BCUT2D eigenvalue weighted by atomic mass is 9.90. The molecule has 0 spiro atoms. The van der Waals surface area contributed by atoms with E-state index in [1.165, 1.54) is 45.3 Å². The molecule has 1 aliphatic carbocycles. The standard InChI is InChI=1S/C12H22N2O/c1-2-11(1)14-6-5-13-12(9-14)10-3-7-15-8-4-10/h10-13H,1-9H2. The van der Waals surface area contributed by atoms with Crippen LogP contribution in [-0.2, 0) is 4.74 Å². The maximum absolute atomic E-state index is 5.44. The van der Waals surface area contributed by atoms with Gasteiger partial charge in [-0.3, -0.25) is 4.90 Å². The zero-order chi connectivity index (χ0) is 10.1. The van der Waals surface area contributed by atoms with E-state index >= 15 is 0 Å². The van der Waals surface area contributed by atoms with Crippen molar-refractivity contribution in [3.05, 3.63) is 0 Å². The van der Waals surface area contributed by atoms with E-state index in [-0.39, 0.29) is 0 Å². The van der Waals surface area contributed by atoms with Gasteiger partial charge in [-0.15, -0.1) is 0 Å². The first-order valence-electron chi connectivity index (χ1n) is 6.48. The molecule has 0 bridgehead atoms. The average Bonchev–Trinajstić information content (AvgIpc) is 3.14. The van der Waals surface area contributed by atoms with Crippen LogP contribution in [-0.4, -0.2) is 49.8 Å². The van der Waals surface area contributed by atoms with Crippen LogP contribution >= 0.6 is 0 Å². The van der Waals surface area contributed by atoms with Crippen LogP contribution in [0.25, 0.3) is 0 Å². The van der Waals surface area contributed by atoms with Crippen LogP contribution in [0.2, 0.25) is 0 Å². The fourth-order valence-electron chi connectivity index (χ4n) is 3.01. The van der Waals surface area contributed by atoms with Crippen molar-refractivity contribution in [3.8, 4) is 0 Å². The predicted molar refractivity (Wildman–Crippen MR) is 59.9 cm³/mol. The minimum Gasteiger partial charge on any atom is -0.381 e. The van der Waals surface area contributed by atoms with E-state index in [2.05, 4.69) is 10.2 Å². The van der Waals surface area contributed by atoms with Gasteiger partial charge in [-0.2, -0.15) is 0 Å². The summed E-state index contributed by atoms with van der Waals surface area (Å²) in [5, 5.41) is 3.70. The summed E-state index contributed by atoms with van der Waals surface area (Å²) in [5.74, 6) is 0.861. The maximum atomic E-state index is 5.44. The lowest BCUT2D eigenvalue weighted by Gasteiger charge is -2.39. The fraction of sp³-hybridized carbons (Fsp3) is 1.00. The van der Waals surface area contributed by atoms with E-state index in [4.69, 9.17) is 4.74 Å². The molecule has 3 rings (SSSR count). The topological polar surface area (TPSA) is 24.5 Å². The normalized spacial score (nSPS) is 35.6. The van der Waals surface area contributed by atoms with E-state index in [1.807, 2.05) is 0 Å². The average molecular weight is 210 g/mol. The second-order valence-corrected chi connectivity index (χ2v) is 5.24. The first kappa shape index (κ1) is 10.1. The minimum atomic E-state index is 0.739. The molecule has 1 N–H and O–H groups in total. The quantitative estimate of drug-likeness (QED) is 0.731. The zero-order valence-corrected chi connectivity index (χ0v) is 9.45. The molecule has 3 heteroatoms. The molecule has 2 heterocycles. The van der Waals surface area contributed by atoms with Crippen LogP contribution in [0.3, 0.4) is 0 Å². The van der Waals surface area contributed by atoms with Gasteiger partial charge >= 0.3 is 0 Å². The SMILES string of the molecule is C1CN(C2CC2)CC(C2CCOCC2)N1. The Bertz CT molecular complexity index is 212. The van der Waals surface area contributed by atoms with Crippen molar-refractivity contribution in [1.29, 1.82) is 0 Å². The van der Waals surface area contributed by atoms with Crippen molar-refractivity contribution in [3.63, 3.8) is 0 Å². The molecule has 3 nitrogen and oxygen atoms in total. The van der Waals surface area contributed by atoms with Gasteiger partial charge in [0.25, 0.3) is 0 Å². The summed E-state index contributed by atoms with van der Waals surface area (Å²) in [6.07, 6.45) is 5.41. The van der Waals surface area contributed by atoms with Crippen molar-refractivity contribution in [2.75, 3.05) is 32.8 Å². The number of rotatable bonds is 2. The van der Waals surface area contributed by atoms with E-state index in [1.54, 1.807) is 0 Å². The van der Waals surface area contributed by atoms with Gasteiger partial charge in [0.15, 0.2) is 0 Å². The van der Waals surface area contributed by atoms with Crippen LogP contribution in [0.5, 0.6) is 0 Å².